The molecule has 0 aliphatic heterocycles. The normalized spacial score (nSPS) is 15.4. The Morgan fingerprint density at radius 1 is 1.03 bits per heavy atom. The van der Waals surface area contributed by atoms with Crippen LogP contribution in [0.3, 0.4) is 0 Å². The van der Waals surface area contributed by atoms with Crippen LogP contribution in [0.2, 0.25) is 0 Å². The van der Waals surface area contributed by atoms with Gasteiger partial charge >= 0.3 is 5.97 Å². The number of para-hydroxylation sites is 1. The molecule has 0 bridgehead atoms. The van der Waals surface area contributed by atoms with Crippen LogP contribution in [-0.2, 0) is 25.6 Å². The molecule has 3 amide bonds. The Morgan fingerprint density at radius 3 is 2.31 bits per heavy atom. The molecule has 5 unspecified atom stereocenters. The fourth-order valence-corrected chi connectivity index (χ4v) is 4.22. The van der Waals surface area contributed by atoms with Crippen LogP contribution >= 0.6 is 11.8 Å². The molecule has 0 saturated carbocycles. The van der Waals surface area contributed by atoms with Crippen molar-refractivity contribution in [2.75, 3.05) is 12.0 Å². The third-order valence-corrected chi connectivity index (χ3v) is 6.81. The standard InChI is InChI=1S/C25H37N5O5S/c1-5-14(2)21(30-23(32)19(10-11-36-4)28-22(31)15(3)26)24(33)29-20(25(34)35)12-16-13-27-18-9-7-6-8-17(16)18/h6-9,13-15,19-21,27H,5,10-12,26H2,1-4H3,(H,28,31)(H,29,33)(H,30,32)(H,34,35). The van der Waals surface area contributed by atoms with E-state index in [1.54, 1.807) is 13.1 Å². The number of fused-ring (bicyclic) bond motifs is 1. The molecule has 2 rings (SSSR count). The van der Waals surface area contributed by atoms with Crippen LogP contribution in [0.4, 0.5) is 0 Å². The van der Waals surface area contributed by atoms with Gasteiger partial charge in [-0.05, 0) is 42.9 Å². The van der Waals surface area contributed by atoms with Crippen molar-refractivity contribution in [1.29, 1.82) is 0 Å². The lowest BCUT2D eigenvalue weighted by atomic mass is 9.96. The number of carbonyl (C=O) groups is 4. The van der Waals surface area contributed by atoms with E-state index in [4.69, 9.17) is 5.73 Å². The third kappa shape index (κ3) is 7.99. The minimum atomic E-state index is -1.19. The Hall–Kier alpha value is -3.05. The van der Waals surface area contributed by atoms with Gasteiger partial charge < -0.3 is 31.8 Å². The van der Waals surface area contributed by atoms with Gasteiger partial charge in [0.2, 0.25) is 17.7 Å². The monoisotopic (exact) mass is 519 g/mol. The number of benzene rings is 1. The van der Waals surface area contributed by atoms with E-state index in [0.717, 1.165) is 16.5 Å². The first-order valence-electron chi connectivity index (χ1n) is 12.0. The van der Waals surface area contributed by atoms with E-state index in [1.165, 1.54) is 18.7 Å². The van der Waals surface area contributed by atoms with Crippen LogP contribution in [0.1, 0.15) is 39.2 Å². The van der Waals surface area contributed by atoms with Gasteiger partial charge in [-0.3, -0.25) is 14.4 Å². The molecule has 0 fully saturated rings. The zero-order chi connectivity index (χ0) is 26.8. The third-order valence-electron chi connectivity index (χ3n) is 6.16. The molecular weight excluding hydrogens is 482 g/mol. The predicted octanol–water partition coefficient (Wildman–Crippen LogP) is 1.40. The van der Waals surface area contributed by atoms with Gasteiger partial charge in [0.25, 0.3) is 0 Å². The minimum absolute atomic E-state index is 0.0764. The van der Waals surface area contributed by atoms with Crippen molar-refractivity contribution in [1.82, 2.24) is 20.9 Å². The SMILES string of the molecule is CCC(C)C(NC(=O)C(CCSC)NC(=O)C(C)N)C(=O)NC(Cc1c[nH]c2ccccc12)C(=O)O. The second-order valence-electron chi connectivity index (χ2n) is 8.97. The number of nitrogens with two attached hydrogens (primary N) is 1. The Bertz CT molecular complexity index is 1060. The molecule has 2 aromatic rings. The maximum absolute atomic E-state index is 13.2. The van der Waals surface area contributed by atoms with Crippen molar-refractivity contribution in [3.05, 3.63) is 36.0 Å². The number of amides is 3. The molecule has 5 atom stereocenters. The van der Waals surface area contributed by atoms with Crippen molar-refractivity contribution in [3.8, 4) is 0 Å². The second kappa shape index (κ2) is 13.9. The quantitative estimate of drug-likeness (QED) is 0.219. The summed E-state index contributed by atoms with van der Waals surface area (Å²) in [5, 5.41) is 18.7. The van der Waals surface area contributed by atoms with E-state index >= 15 is 0 Å². The molecule has 1 aromatic carbocycles. The van der Waals surface area contributed by atoms with Crippen molar-refractivity contribution in [2.45, 2.75) is 64.2 Å². The Labute approximate surface area is 215 Å². The average Bonchev–Trinajstić information content (AvgIpc) is 3.26. The summed E-state index contributed by atoms with van der Waals surface area (Å²) in [6.07, 6.45) is 4.63. The molecule has 0 saturated heterocycles. The molecule has 198 valence electrons. The summed E-state index contributed by atoms with van der Waals surface area (Å²) < 4.78 is 0. The van der Waals surface area contributed by atoms with E-state index in [9.17, 15) is 24.3 Å². The summed E-state index contributed by atoms with van der Waals surface area (Å²) in [7, 11) is 0. The zero-order valence-electron chi connectivity index (χ0n) is 21.2. The summed E-state index contributed by atoms with van der Waals surface area (Å²) in [4.78, 5) is 53.6. The van der Waals surface area contributed by atoms with Gasteiger partial charge in [-0.25, -0.2) is 4.79 Å². The molecular formula is C25H37N5O5S. The number of rotatable bonds is 14. The largest absolute Gasteiger partial charge is 0.480 e. The number of hydrogen-bond donors (Lipinski definition) is 6. The smallest absolute Gasteiger partial charge is 0.326 e. The lowest BCUT2D eigenvalue weighted by Crippen LogP contribution is -2.58. The molecule has 11 heteroatoms. The van der Waals surface area contributed by atoms with Crippen molar-refractivity contribution in [3.63, 3.8) is 0 Å². The van der Waals surface area contributed by atoms with Gasteiger partial charge in [0.15, 0.2) is 0 Å². The van der Waals surface area contributed by atoms with Crippen LogP contribution < -0.4 is 21.7 Å². The highest BCUT2D eigenvalue weighted by atomic mass is 32.2. The average molecular weight is 520 g/mol. The lowest BCUT2D eigenvalue weighted by molar-refractivity contribution is -0.142. The minimum Gasteiger partial charge on any atom is -0.480 e. The van der Waals surface area contributed by atoms with Crippen LogP contribution in [0.25, 0.3) is 10.9 Å². The molecule has 0 radical (unpaired) electrons. The Balaban J connectivity index is 2.18. The van der Waals surface area contributed by atoms with E-state index in [2.05, 4.69) is 20.9 Å². The fourth-order valence-electron chi connectivity index (χ4n) is 3.75. The highest BCUT2D eigenvalue weighted by Gasteiger charge is 2.32. The topological polar surface area (TPSA) is 166 Å². The number of nitrogens with one attached hydrogen (secondary N) is 4. The lowest BCUT2D eigenvalue weighted by Gasteiger charge is -2.28. The van der Waals surface area contributed by atoms with Crippen molar-refractivity contribution >= 4 is 46.4 Å². The molecule has 1 aromatic heterocycles. The first kappa shape index (κ1) is 29.2. The maximum Gasteiger partial charge on any atom is 0.326 e. The summed E-state index contributed by atoms with van der Waals surface area (Å²) in [6, 6.07) is 3.69. The molecule has 36 heavy (non-hydrogen) atoms. The number of carboxylic acids is 1. The summed E-state index contributed by atoms with van der Waals surface area (Å²) in [5.74, 6) is -2.41. The van der Waals surface area contributed by atoms with Crippen LogP contribution in [-0.4, -0.2) is 70.0 Å². The molecule has 7 N–H and O–H groups in total. The number of carboxylic acid groups (broad SMARTS) is 1. The maximum atomic E-state index is 13.2. The number of aromatic amines is 1. The summed E-state index contributed by atoms with van der Waals surface area (Å²) in [6.45, 7) is 5.20. The Kier molecular flexibility index (Phi) is 11.3. The summed E-state index contributed by atoms with van der Waals surface area (Å²) >= 11 is 1.52. The molecule has 0 aliphatic carbocycles. The van der Waals surface area contributed by atoms with E-state index in [0.29, 0.717) is 18.6 Å². The highest BCUT2D eigenvalue weighted by Crippen LogP contribution is 2.19. The molecule has 0 aliphatic rings. The number of thioether (sulfide) groups is 1. The van der Waals surface area contributed by atoms with E-state index < -0.39 is 47.9 Å². The first-order chi connectivity index (χ1) is 17.1. The zero-order valence-corrected chi connectivity index (χ0v) is 22.0. The van der Waals surface area contributed by atoms with Gasteiger partial charge in [0, 0.05) is 23.5 Å². The number of aromatic nitrogens is 1. The number of aliphatic carboxylic acids is 1. The van der Waals surface area contributed by atoms with Crippen molar-refractivity contribution in [2.24, 2.45) is 11.7 Å². The van der Waals surface area contributed by atoms with Gasteiger partial charge in [0.1, 0.15) is 18.1 Å². The van der Waals surface area contributed by atoms with Gasteiger partial charge in [-0.2, -0.15) is 11.8 Å². The second-order valence-corrected chi connectivity index (χ2v) is 9.95. The van der Waals surface area contributed by atoms with E-state index in [-0.39, 0.29) is 12.3 Å². The van der Waals surface area contributed by atoms with Crippen LogP contribution in [0.15, 0.2) is 30.5 Å². The van der Waals surface area contributed by atoms with Gasteiger partial charge in [0.05, 0.1) is 6.04 Å². The molecule has 0 spiro atoms. The van der Waals surface area contributed by atoms with E-state index in [1.807, 2.05) is 37.4 Å². The molecule has 10 nitrogen and oxygen atoms in total. The predicted molar refractivity (Wildman–Crippen MR) is 142 cm³/mol. The first-order valence-corrected chi connectivity index (χ1v) is 13.4. The summed E-state index contributed by atoms with van der Waals surface area (Å²) in [5.41, 5.74) is 7.27. The fraction of sp³-hybridized carbons (Fsp3) is 0.520. The number of carbonyl (C=O) groups excluding carboxylic acids is 3. The van der Waals surface area contributed by atoms with Gasteiger partial charge in [-0.15, -0.1) is 0 Å². The van der Waals surface area contributed by atoms with Crippen LogP contribution in [0, 0.1) is 5.92 Å². The van der Waals surface area contributed by atoms with Crippen molar-refractivity contribution < 1.29 is 24.3 Å². The highest BCUT2D eigenvalue weighted by molar-refractivity contribution is 7.98. The van der Waals surface area contributed by atoms with Gasteiger partial charge in [-0.1, -0.05) is 38.5 Å². The number of hydrogen-bond acceptors (Lipinski definition) is 6. The Morgan fingerprint density at radius 2 is 1.69 bits per heavy atom. The van der Waals surface area contributed by atoms with Crippen LogP contribution in [0.5, 0.6) is 0 Å². The number of H-pyrrole nitrogens is 1. The molecule has 1 heterocycles.